The van der Waals surface area contributed by atoms with Crippen LogP contribution < -0.4 is 5.32 Å². The quantitative estimate of drug-likeness (QED) is 0.852. The Morgan fingerprint density at radius 3 is 2.83 bits per heavy atom. The van der Waals surface area contributed by atoms with Crippen LogP contribution >= 0.6 is 0 Å². The largest absolute Gasteiger partial charge is 0.495 e. The summed E-state index contributed by atoms with van der Waals surface area (Å²) in [4.78, 5) is 7.96. The number of benzene rings is 1. The van der Waals surface area contributed by atoms with E-state index in [4.69, 9.17) is 4.74 Å². The minimum atomic E-state index is -0.332. The number of nitrogens with one attached hydrogen (secondary N) is 2. The highest BCUT2D eigenvalue weighted by atomic mass is 16.5. The third-order valence-corrected chi connectivity index (χ3v) is 3.21. The Morgan fingerprint density at radius 2 is 2.17 bits per heavy atom. The standard InChI is InChI=1S/C14H15N3O.H2/c1-14(8-7-10(18-2)9-15-14)13-16-11-5-3-4-6-12(11)17-13;/h3-9,15H,1-2H3,(H,16,17);1H. The van der Waals surface area contributed by atoms with Crippen molar-refractivity contribution < 1.29 is 6.16 Å². The first-order valence-electron chi connectivity index (χ1n) is 5.87. The lowest BCUT2D eigenvalue weighted by molar-refractivity contribution is 0.295. The van der Waals surface area contributed by atoms with Crippen molar-refractivity contribution in [1.82, 2.24) is 15.3 Å². The number of hydrogen-bond donors (Lipinski definition) is 2. The molecule has 1 aromatic carbocycles. The second-order valence-electron chi connectivity index (χ2n) is 4.53. The predicted molar refractivity (Wildman–Crippen MR) is 72.9 cm³/mol. The van der Waals surface area contributed by atoms with E-state index in [-0.39, 0.29) is 6.97 Å². The highest BCUT2D eigenvalue weighted by Crippen LogP contribution is 2.25. The summed E-state index contributed by atoms with van der Waals surface area (Å²) in [5.74, 6) is 1.70. The zero-order chi connectivity index (χ0) is 12.6. The molecule has 0 amide bonds. The van der Waals surface area contributed by atoms with Crippen LogP contribution in [0.1, 0.15) is 14.2 Å². The van der Waals surface area contributed by atoms with Crippen LogP contribution in [0.5, 0.6) is 0 Å². The summed E-state index contributed by atoms with van der Waals surface area (Å²) in [5.41, 5.74) is 1.69. The van der Waals surface area contributed by atoms with Gasteiger partial charge in [-0.25, -0.2) is 4.98 Å². The molecule has 3 rings (SSSR count). The summed E-state index contributed by atoms with van der Waals surface area (Å²) in [7, 11) is 1.65. The Morgan fingerprint density at radius 1 is 1.33 bits per heavy atom. The van der Waals surface area contributed by atoms with E-state index >= 15 is 0 Å². The molecule has 94 valence electrons. The number of methoxy groups -OCH3 is 1. The summed E-state index contributed by atoms with van der Waals surface area (Å²) in [5, 5.41) is 3.31. The Bertz CT molecular complexity index is 614. The number of H-pyrrole nitrogens is 1. The van der Waals surface area contributed by atoms with Crippen molar-refractivity contribution in [2.75, 3.05) is 7.11 Å². The summed E-state index contributed by atoms with van der Waals surface area (Å²) < 4.78 is 5.16. The molecule has 0 radical (unpaired) electrons. The van der Waals surface area contributed by atoms with Gasteiger partial charge in [0.2, 0.25) is 0 Å². The van der Waals surface area contributed by atoms with E-state index in [1.807, 2.05) is 42.6 Å². The lowest BCUT2D eigenvalue weighted by atomic mass is 9.99. The fourth-order valence-corrected chi connectivity index (χ4v) is 2.04. The molecule has 4 nitrogen and oxygen atoms in total. The predicted octanol–water partition coefficient (Wildman–Crippen LogP) is 2.67. The third-order valence-electron chi connectivity index (χ3n) is 3.21. The molecule has 0 fully saturated rings. The van der Waals surface area contributed by atoms with Gasteiger partial charge in [-0.1, -0.05) is 12.1 Å². The van der Waals surface area contributed by atoms with Crippen LogP contribution in [0.4, 0.5) is 0 Å². The molecule has 1 aliphatic rings. The number of hydrogen-bond acceptors (Lipinski definition) is 3. The Balaban J connectivity index is 0.00000133. The number of allylic oxidation sites excluding steroid dienone is 1. The van der Waals surface area contributed by atoms with Crippen molar-refractivity contribution in [3.63, 3.8) is 0 Å². The molecule has 4 heteroatoms. The number of aromatic amines is 1. The third kappa shape index (κ3) is 1.66. The first-order chi connectivity index (χ1) is 8.71. The number of nitrogens with zero attached hydrogens (tertiary/aromatic N) is 1. The van der Waals surface area contributed by atoms with Crippen LogP contribution in [-0.4, -0.2) is 17.1 Å². The molecule has 0 saturated heterocycles. The van der Waals surface area contributed by atoms with E-state index in [9.17, 15) is 0 Å². The van der Waals surface area contributed by atoms with E-state index in [1.165, 1.54) is 0 Å². The first-order valence-corrected chi connectivity index (χ1v) is 5.87. The van der Waals surface area contributed by atoms with Crippen molar-refractivity contribution >= 4 is 11.0 Å². The molecular weight excluding hydrogens is 226 g/mol. The fraction of sp³-hybridized carbons (Fsp3) is 0.214. The van der Waals surface area contributed by atoms with Crippen LogP contribution in [0.15, 0.2) is 48.4 Å². The zero-order valence-corrected chi connectivity index (χ0v) is 10.4. The minimum absolute atomic E-state index is 0. The molecule has 0 aliphatic carbocycles. The lowest BCUT2D eigenvalue weighted by Crippen LogP contribution is -2.37. The van der Waals surface area contributed by atoms with Gasteiger partial charge in [0.1, 0.15) is 17.1 Å². The number of aromatic nitrogens is 2. The van der Waals surface area contributed by atoms with Crippen molar-refractivity contribution in [3.05, 3.63) is 54.2 Å². The Kier molecular flexibility index (Phi) is 2.37. The number of ether oxygens (including phenoxy) is 1. The van der Waals surface area contributed by atoms with Gasteiger partial charge in [-0.2, -0.15) is 0 Å². The average molecular weight is 243 g/mol. The van der Waals surface area contributed by atoms with Crippen molar-refractivity contribution in [2.45, 2.75) is 12.5 Å². The van der Waals surface area contributed by atoms with E-state index in [0.29, 0.717) is 0 Å². The van der Waals surface area contributed by atoms with Gasteiger partial charge in [-0.3, -0.25) is 0 Å². The fourth-order valence-electron chi connectivity index (χ4n) is 2.04. The first kappa shape index (κ1) is 10.9. The van der Waals surface area contributed by atoms with Crippen LogP contribution in [0.25, 0.3) is 11.0 Å². The van der Waals surface area contributed by atoms with E-state index < -0.39 is 0 Å². The van der Waals surface area contributed by atoms with Crippen LogP contribution in [0.3, 0.4) is 0 Å². The molecule has 1 atom stereocenters. The van der Waals surface area contributed by atoms with E-state index in [1.54, 1.807) is 7.11 Å². The van der Waals surface area contributed by atoms with Crippen molar-refractivity contribution in [2.24, 2.45) is 0 Å². The monoisotopic (exact) mass is 243 g/mol. The zero-order valence-electron chi connectivity index (χ0n) is 10.4. The molecule has 2 N–H and O–H groups in total. The number of fused-ring (bicyclic) bond motifs is 1. The normalized spacial score (nSPS) is 22.7. The maximum absolute atomic E-state index is 5.16. The van der Waals surface area contributed by atoms with Gasteiger partial charge in [0.05, 0.1) is 18.1 Å². The molecule has 1 aliphatic heterocycles. The van der Waals surface area contributed by atoms with Gasteiger partial charge in [-0.15, -0.1) is 0 Å². The molecule has 1 aromatic heterocycles. The molecule has 0 saturated carbocycles. The molecule has 2 heterocycles. The van der Waals surface area contributed by atoms with E-state index in [0.717, 1.165) is 22.6 Å². The van der Waals surface area contributed by atoms with Crippen LogP contribution in [0, 0.1) is 0 Å². The van der Waals surface area contributed by atoms with Gasteiger partial charge in [0, 0.05) is 7.63 Å². The minimum Gasteiger partial charge on any atom is -0.495 e. The van der Waals surface area contributed by atoms with Crippen LogP contribution in [0.2, 0.25) is 0 Å². The molecular formula is C14H17N3O. The molecule has 2 aromatic rings. The second kappa shape index (κ2) is 3.91. The van der Waals surface area contributed by atoms with Crippen LogP contribution in [-0.2, 0) is 10.3 Å². The second-order valence-corrected chi connectivity index (χ2v) is 4.53. The SMILES string of the molecule is COC1=CNC(C)(c2nc3ccccc3[nH]2)C=C1.[HH]. The average Bonchev–Trinajstić information content (AvgIpc) is 2.84. The number of dihydropyridines is 1. The molecule has 0 bridgehead atoms. The topological polar surface area (TPSA) is 49.9 Å². The van der Waals surface area contributed by atoms with E-state index in [2.05, 4.69) is 22.2 Å². The van der Waals surface area contributed by atoms with Crippen molar-refractivity contribution in [3.8, 4) is 0 Å². The summed E-state index contributed by atoms with van der Waals surface area (Å²) in [6.45, 7) is 2.07. The summed E-state index contributed by atoms with van der Waals surface area (Å²) in [6, 6.07) is 8.02. The maximum atomic E-state index is 5.16. The molecule has 18 heavy (non-hydrogen) atoms. The Hall–Kier alpha value is -2.23. The highest BCUT2D eigenvalue weighted by Gasteiger charge is 2.28. The molecule has 0 spiro atoms. The van der Waals surface area contributed by atoms with Crippen molar-refractivity contribution in [1.29, 1.82) is 0 Å². The number of imidazole rings is 1. The smallest absolute Gasteiger partial charge is 0.136 e. The van der Waals surface area contributed by atoms with Gasteiger partial charge in [-0.05, 0) is 31.2 Å². The maximum Gasteiger partial charge on any atom is 0.136 e. The molecule has 1 unspecified atom stereocenters. The highest BCUT2D eigenvalue weighted by molar-refractivity contribution is 5.75. The summed E-state index contributed by atoms with van der Waals surface area (Å²) in [6.07, 6.45) is 5.85. The number of para-hydroxylation sites is 2. The number of rotatable bonds is 2. The van der Waals surface area contributed by atoms with Gasteiger partial charge in [0.15, 0.2) is 0 Å². The van der Waals surface area contributed by atoms with Gasteiger partial charge >= 0.3 is 0 Å². The Labute approximate surface area is 107 Å². The van der Waals surface area contributed by atoms with Gasteiger partial charge < -0.3 is 15.0 Å². The summed E-state index contributed by atoms with van der Waals surface area (Å²) >= 11 is 0. The lowest BCUT2D eigenvalue weighted by Gasteiger charge is -2.27. The van der Waals surface area contributed by atoms with Gasteiger partial charge in [0.25, 0.3) is 0 Å².